The van der Waals surface area contributed by atoms with Crippen LogP contribution in [0, 0.1) is 0 Å². The molecular weight excluding hydrogens is 306 g/mol. The molecule has 2 unspecified atom stereocenters. The normalized spacial score (nSPS) is 17.0. The number of aliphatic hydroxyl groups is 2. The first-order valence-electron chi connectivity index (χ1n) is 8.18. The fourth-order valence-electron chi connectivity index (χ4n) is 2.66. The van der Waals surface area contributed by atoms with E-state index in [0.717, 1.165) is 5.56 Å². The standard InChI is InChI=1S/C19H23NO4/c1-12(2)20-10-13(21)11-23-17-9-5-7-15-18(22)14-6-3-4-8-16(14)24-19(15)17/h3-9,12-13,18,20-22H,10-11H2,1-2H3. The van der Waals surface area contributed by atoms with E-state index in [4.69, 9.17) is 9.47 Å². The molecule has 0 saturated carbocycles. The van der Waals surface area contributed by atoms with Crippen molar-refractivity contribution in [3.8, 4) is 17.2 Å². The molecule has 2 aromatic rings. The highest BCUT2D eigenvalue weighted by Crippen LogP contribution is 2.46. The average molecular weight is 329 g/mol. The zero-order valence-corrected chi connectivity index (χ0v) is 13.9. The molecule has 1 heterocycles. The zero-order valence-electron chi connectivity index (χ0n) is 13.9. The van der Waals surface area contributed by atoms with Crippen LogP contribution in [0.2, 0.25) is 0 Å². The summed E-state index contributed by atoms with van der Waals surface area (Å²) in [7, 11) is 0. The minimum Gasteiger partial charge on any atom is -0.487 e. The topological polar surface area (TPSA) is 71.0 Å². The predicted octanol–water partition coefficient (Wildman–Crippen LogP) is 2.61. The van der Waals surface area contributed by atoms with Crippen LogP contribution in [0.4, 0.5) is 0 Å². The third-order valence-corrected chi connectivity index (χ3v) is 3.92. The van der Waals surface area contributed by atoms with E-state index in [2.05, 4.69) is 5.32 Å². The van der Waals surface area contributed by atoms with Gasteiger partial charge in [0.15, 0.2) is 11.5 Å². The van der Waals surface area contributed by atoms with Crippen molar-refractivity contribution < 1.29 is 19.7 Å². The average Bonchev–Trinajstić information content (AvgIpc) is 2.58. The lowest BCUT2D eigenvalue weighted by atomic mass is 9.97. The van der Waals surface area contributed by atoms with Crippen LogP contribution in [-0.4, -0.2) is 35.5 Å². The Hall–Kier alpha value is -2.08. The van der Waals surface area contributed by atoms with Gasteiger partial charge in [-0.2, -0.15) is 0 Å². The Bertz CT molecular complexity index is 702. The van der Waals surface area contributed by atoms with Crippen molar-refractivity contribution in [3.63, 3.8) is 0 Å². The molecule has 1 aliphatic rings. The molecule has 0 saturated heterocycles. The SMILES string of the molecule is CC(C)NCC(O)COc1cccc2c1Oc1ccccc1C2O. The van der Waals surface area contributed by atoms with Gasteiger partial charge in [0.05, 0.1) is 0 Å². The Balaban J connectivity index is 1.75. The third-order valence-electron chi connectivity index (χ3n) is 3.92. The molecule has 0 bridgehead atoms. The van der Waals surface area contributed by atoms with Gasteiger partial charge in [0, 0.05) is 23.7 Å². The van der Waals surface area contributed by atoms with Crippen LogP contribution in [0.3, 0.4) is 0 Å². The van der Waals surface area contributed by atoms with Crippen LogP contribution in [0.1, 0.15) is 31.1 Å². The summed E-state index contributed by atoms with van der Waals surface area (Å²) < 4.78 is 11.7. The quantitative estimate of drug-likeness (QED) is 0.760. The van der Waals surface area contributed by atoms with Crippen LogP contribution >= 0.6 is 0 Å². The summed E-state index contributed by atoms with van der Waals surface area (Å²) >= 11 is 0. The lowest BCUT2D eigenvalue weighted by molar-refractivity contribution is 0.102. The Labute approximate surface area is 141 Å². The van der Waals surface area contributed by atoms with Gasteiger partial charge in [0.25, 0.3) is 0 Å². The molecule has 3 rings (SSSR count). The first kappa shape index (κ1) is 16.8. The van der Waals surface area contributed by atoms with E-state index in [0.29, 0.717) is 35.4 Å². The van der Waals surface area contributed by atoms with Crippen LogP contribution in [0.25, 0.3) is 0 Å². The molecule has 2 aromatic carbocycles. The molecular formula is C19H23NO4. The number of fused-ring (bicyclic) bond motifs is 2. The first-order chi connectivity index (χ1) is 11.6. The third kappa shape index (κ3) is 3.53. The number of hydrogen-bond acceptors (Lipinski definition) is 5. The van der Waals surface area contributed by atoms with E-state index in [9.17, 15) is 10.2 Å². The minimum absolute atomic E-state index is 0.150. The smallest absolute Gasteiger partial charge is 0.175 e. The highest BCUT2D eigenvalue weighted by atomic mass is 16.5. The number of benzene rings is 2. The van der Waals surface area contributed by atoms with Crippen LogP contribution in [0.5, 0.6) is 17.2 Å². The molecule has 0 spiro atoms. The van der Waals surface area contributed by atoms with Gasteiger partial charge < -0.3 is 25.0 Å². The maximum absolute atomic E-state index is 10.6. The minimum atomic E-state index is -0.749. The van der Waals surface area contributed by atoms with E-state index >= 15 is 0 Å². The fraction of sp³-hybridized carbons (Fsp3) is 0.368. The van der Waals surface area contributed by atoms with Crippen LogP contribution < -0.4 is 14.8 Å². The largest absolute Gasteiger partial charge is 0.487 e. The Morgan fingerprint density at radius 1 is 1.12 bits per heavy atom. The molecule has 1 aliphatic heterocycles. The van der Waals surface area contributed by atoms with Crippen molar-refractivity contribution in [3.05, 3.63) is 53.6 Å². The number of rotatable bonds is 6. The summed E-state index contributed by atoms with van der Waals surface area (Å²) in [6, 6.07) is 13.1. The van der Waals surface area contributed by atoms with Gasteiger partial charge in [0.2, 0.25) is 0 Å². The summed E-state index contributed by atoms with van der Waals surface area (Å²) in [4.78, 5) is 0. The molecule has 3 N–H and O–H groups in total. The van der Waals surface area contributed by atoms with E-state index in [1.165, 1.54) is 0 Å². The highest BCUT2D eigenvalue weighted by Gasteiger charge is 2.27. The van der Waals surface area contributed by atoms with E-state index in [1.54, 1.807) is 6.07 Å². The van der Waals surface area contributed by atoms with Gasteiger partial charge in [-0.1, -0.05) is 44.2 Å². The molecule has 5 nitrogen and oxygen atoms in total. The van der Waals surface area contributed by atoms with Crippen LogP contribution in [0.15, 0.2) is 42.5 Å². The van der Waals surface area contributed by atoms with Crippen molar-refractivity contribution >= 4 is 0 Å². The second-order valence-electron chi connectivity index (χ2n) is 6.24. The predicted molar refractivity (Wildman–Crippen MR) is 91.7 cm³/mol. The van der Waals surface area contributed by atoms with Crippen molar-refractivity contribution in [2.45, 2.75) is 32.1 Å². The van der Waals surface area contributed by atoms with Gasteiger partial charge >= 0.3 is 0 Å². The van der Waals surface area contributed by atoms with E-state index in [-0.39, 0.29) is 6.61 Å². The molecule has 24 heavy (non-hydrogen) atoms. The van der Waals surface area contributed by atoms with E-state index < -0.39 is 12.2 Å². The fourth-order valence-corrected chi connectivity index (χ4v) is 2.66. The molecule has 2 atom stereocenters. The maximum Gasteiger partial charge on any atom is 0.175 e. The summed E-state index contributed by atoms with van der Waals surface area (Å²) in [6.07, 6.45) is -1.37. The summed E-state index contributed by atoms with van der Waals surface area (Å²) in [5.41, 5.74) is 1.41. The van der Waals surface area contributed by atoms with E-state index in [1.807, 2.05) is 50.2 Å². The monoisotopic (exact) mass is 329 g/mol. The molecule has 0 aliphatic carbocycles. The summed E-state index contributed by atoms with van der Waals surface area (Å²) in [5.74, 6) is 1.65. The number of hydrogen-bond donors (Lipinski definition) is 3. The highest BCUT2D eigenvalue weighted by molar-refractivity contribution is 5.57. The van der Waals surface area contributed by atoms with Crippen molar-refractivity contribution in [2.75, 3.05) is 13.2 Å². The number of ether oxygens (including phenoxy) is 2. The Morgan fingerprint density at radius 2 is 1.88 bits per heavy atom. The van der Waals surface area contributed by atoms with Crippen molar-refractivity contribution in [2.24, 2.45) is 0 Å². The Morgan fingerprint density at radius 3 is 2.67 bits per heavy atom. The van der Waals surface area contributed by atoms with Gasteiger partial charge in [-0.25, -0.2) is 0 Å². The van der Waals surface area contributed by atoms with Crippen LogP contribution in [-0.2, 0) is 0 Å². The molecule has 0 fully saturated rings. The van der Waals surface area contributed by atoms with Crippen molar-refractivity contribution in [1.29, 1.82) is 0 Å². The van der Waals surface area contributed by atoms with Gasteiger partial charge in [-0.3, -0.25) is 0 Å². The van der Waals surface area contributed by atoms with Gasteiger partial charge in [-0.05, 0) is 12.1 Å². The number of aliphatic hydroxyl groups excluding tert-OH is 2. The lowest BCUT2D eigenvalue weighted by Gasteiger charge is -2.26. The first-order valence-corrected chi connectivity index (χ1v) is 8.18. The maximum atomic E-state index is 10.6. The lowest BCUT2D eigenvalue weighted by Crippen LogP contribution is -2.35. The molecule has 0 radical (unpaired) electrons. The number of para-hydroxylation sites is 2. The zero-order chi connectivity index (χ0) is 17.1. The molecule has 5 heteroatoms. The summed E-state index contributed by atoms with van der Waals surface area (Å²) in [5, 5.41) is 23.7. The van der Waals surface area contributed by atoms with Gasteiger partial charge in [0.1, 0.15) is 24.6 Å². The second kappa shape index (κ2) is 7.21. The van der Waals surface area contributed by atoms with Crippen molar-refractivity contribution in [1.82, 2.24) is 5.32 Å². The van der Waals surface area contributed by atoms with Gasteiger partial charge in [-0.15, -0.1) is 0 Å². The summed E-state index contributed by atoms with van der Waals surface area (Å²) in [6.45, 7) is 4.65. The molecule has 0 amide bonds. The number of nitrogens with one attached hydrogen (secondary N) is 1. The second-order valence-corrected chi connectivity index (χ2v) is 6.24. The molecule has 0 aromatic heterocycles. The Kier molecular flexibility index (Phi) is 5.04. The molecule has 128 valence electrons.